The Morgan fingerprint density at radius 2 is 1.84 bits per heavy atom. The van der Waals surface area contributed by atoms with Crippen molar-refractivity contribution in [3.05, 3.63) is 58.9 Å². The van der Waals surface area contributed by atoms with Crippen LogP contribution in [-0.4, -0.2) is 13.1 Å². The molecule has 2 rings (SSSR count). The molecule has 0 aliphatic rings. The molecule has 2 aromatic rings. The summed E-state index contributed by atoms with van der Waals surface area (Å²) in [6, 6.07) is 11.3. The molecule has 5 heteroatoms. The molecule has 3 nitrogen and oxygen atoms in total. The van der Waals surface area contributed by atoms with Crippen LogP contribution < -0.4 is 4.74 Å². The Balaban J connectivity index is 2.33. The summed E-state index contributed by atoms with van der Waals surface area (Å²) in [5, 5.41) is -0.0576. The fraction of sp³-hybridized carbons (Fsp3) is 0.0714. The van der Waals surface area contributed by atoms with E-state index in [2.05, 4.69) is 4.74 Å². The third-order valence-corrected chi connectivity index (χ3v) is 2.68. The van der Waals surface area contributed by atoms with Crippen LogP contribution in [0.2, 0.25) is 5.02 Å². The largest absolute Gasteiger partial charge is 0.465 e. The fourth-order valence-electron chi connectivity index (χ4n) is 1.53. The topological polar surface area (TPSA) is 35.5 Å². The normalized spacial score (nSPS) is 10.1. The van der Waals surface area contributed by atoms with Gasteiger partial charge in [-0.3, -0.25) is 0 Å². The number of ether oxygens (including phenoxy) is 2. The van der Waals surface area contributed by atoms with E-state index in [4.69, 9.17) is 16.3 Å². The Morgan fingerprint density at radius 1 is 1.16 bits per heavy atom. The van der Waals surface area contributed by atoms with E-state index < -0.39 is 11.8 Å². The maximum Gasteiger partial charge on any atom is 0.342 e. The van der Waals surface area contributed by atoms with Crippen molar-refractivity contribution in [1.29, 1.82) is 0 Å². The van der Waals surface area contributed by atoms with Gasteiger partial charge in [0.2, 0.25) is 0 Å². The fourth-order valence-corrected chi connectivity index (χ4v) is 1.81. The number of methoxy groups -OCH3 is 1. The van der Waals surface area contributed by atoms with Gasteiger partial charge in [-0.15, -0.1) is 0 Å². The average Bonchev–Trinajstić information content (AvgIpc) is 2.38. The zero-order chi connectivity index (χ0) is 13.8. The minimum atomic E-state index is -0.825. The van der Waals surface area contributed by atoms with Crippen molar-refractivity contribution >= 4 is 17.6 Å². The summed E-state index contributed by atoms with van der Waals surface area (Å²) < 4.78 is 23.7. The number of para-hydroxylation sites is 1. The molecule has 0 fully saturated rings. The lowest BCUT2D eigenvalue weighted by Crippen LogP contribution is -2.05. The number of halogens is 2. The van der Waals surface area contributed by atoms with E-state index in [1.165, 1.54) is 6.07 Å². The third kappa shape index (κ3) is 3.03. The Hall–Kier alpha value is -2.07. The zero-order valence-electron chi connectivity index (χ0n) is 10.0. The molecule has 0 saturated carbocycles. The van der Waals surface area contributed by atoms with Crippen LogP contribution in [0.4, 0.5) is 4.39 Å². The van der Waals surface area contributed by atoms with Gasteiger partial charge in [0.05, 0.1) is 12.1 Å². The molecule has 0 bridgehead atoms. The van der Waals surface area contributed by atoms with Crippen LogP contribution in [0, 0.1) is 5.82 Å². The van der Waals surface area contributed by atoms with Gasteiger partial charge in [-0.1, -0.05) is 29.8 Å². The van der Waals surface area contributed by atoms with Gasteiger partial charge < -0.3 is 9.47 Å². The molecule has 0 aliphatic carbocycles. The van der Waals surface area contributed by atoms with Crippen molar-refractivity contribution in [2.45, 2.75) is 0 Å². The molecule has 0 aromatic heterocycles. The monoisotopic (exact) mass is 280 g/mol. The molecule has 0 radical (unpaired) electrons. The van der Waals surface area contributed by atoms with Crippen molar-refractivity contribution in [2.24, 2.45) is 0 Å². The zero-order valence-corrected chi connectivity index (χ0v) is 10.8. The predicted octanol–water partition coefficient (Wildman–Crippen LogP) is 4.06. The Bertz CT molecular complexity index is 576. The van der Waals surface area contributed by atoms with Crippen LogP contribution in [0.3, 0.4) is 0 Å². The van der Waals surface area contributed by atoms with E-state index in [1.807, 2.05) is 6.07 Å². The minimum absolute atomic E-state index is 0.0576. The van der Waals surface area contributed by atoms with Crippen molar-refractivity contribution in [3.63, 3.8) is 0 Å². The van der Waals surface area contributed by atoms with Gasteiger partial charge in [-0.25, -0.2) is 9.18 Å². The standard InChI is InChI=1S/C14H10ClFO3/c1-18-14(17)13-11(15)7-10(8-12(13)16)19-9-5-3-2-4-6-9/h2-8H,1H3. The van der Waals surface area contributed by atoms with E-state index in [1.54, 1.807) is 24.3 Å². The highest BCUT2D eigenvalue weighted by atomic mass is 35.5. The smallest absolute Gasteiger partial charge is 0.342 e. The predicted molar refractivity (Wildman–Crippen MR) is 69.3 cm³/mol. The van der Waals surface area contributed by atoms with Crippen molar-refractivity contribution < 1.29 is 18.7 Å². The summed E-state index contributed by atoms with van der Waals surface area (Å²) in [6.07, 6.45) is 0. The first-order valence-corrected chi connectivity index (χ1v) is 5.80. The summed E-state index contributed by atoms with van der Waals surface area (Å²) in [4.78, 5) is 11.3. The second-order valence-electron chi connectivity index (χ2n) is 3.67. The highest BCUT2D eigenvalue weighted by Gasteiger charge is 2.18. The second kappa shape index (κ2) is 5.71. The number of esters is 1. The van der Waals surface area contributed by atoms with E-state index in [0.29, 0.717) is 5.75 Å². The quantitative estimate of drug-likeness (QED) is 0.796. The highest BCUT2D eigenvalue weighted by Crippen LogP contribution is 2.29. The number of hydrogen-bond acceptors (Lipinski definition) is 3. The number of carbonyl (C=O) groups excluding carboxylic acids is 1. The average molecular weight is 281 g/mol. The third-order valence-electron chi connectivity index (χ3n) is 2.38. The van der Waals surface area contributed by atoms with E-state index in [-0.39, 0.29) is 16.3 Å². The summed E-state index contributed by atoms with van der Waals surface area (Å²) in [5.41, 5.74) is -0.301. The molecular formula is C14H10ClFO3. The molecule has 0 atom stereocenters. The molecule has 0 amide bonds. The molecule has 19 heavy (non-hydrogen) atoms. The maximum absolute atomic E-state index is 13.8. The molecule has 0 saturated heterocycles. The van der Waals surface area contributed by atoms with Gasteiger partial charge in [-0.2, -0.15) is 0 Å². The second-order valence-corrected chi connectivity index (χ2v) is 4.08. The van der Waals surface area contributed by atoms with Crippen LogP contribution >= 0.6 is 11.6 Å². The van der Waals surface area contributed by atoms with Gasteiger partial charge in [0.1, 0.15) is 22.9 Å². The van der Waals surface area contributed by atoms with Crippen LogP contribution in [0.5, 0.6) is 11.5 Å². The van der Waals surface area contributed by atoms with Crippen LogP contribution in [-0.2, 0) is 4.74 Å². The summed E-state index contributed by atoms with van der Waals surface area (Å²) in [7, 11) is 1.16. The van der Waals surface area contributed by atoms with Gasteiger partial charge in [0.15, 0.2) is 0 Å². The van der Waals surface area contributed by atoms with Crippen molar-refractivity contribution in [3.8, 4) is 11.5 Å². The lowest BCUT2D eigenvalue weighted by atomic mass is 10.2. The van der Waals surface area contributed by atoms with Crippen LogP contribution in [0.25, 0.3) is 0 Å². The highest BCUT2D eigenvalue weighted by molar-refractivity contribution is 6.33. The number of rotatable bonds is 3. The molecule has 0 spiro atoms. The van der Waals surface area contributed by atoms with Crippen molar-refractivity contribution in [1.82, 2.24) is 0 Å². The Labute approximate surface area is 114 Å². The van der Waals surface area contributed by atoms with Gasteiger partial charge >= 0.3 is 5.97 Å². The van der Waals surface area contributed by atoms with Gasteiger partial charge in [-0.05, 0) is 12.1 Å². The van der Waals surface area contributed by atoms with E-state index in [9.17, 15) is 9.18 Å². The molecule has 0 unspecified atom stereocenters. The van der Waals surface area contributed by atoms with Gasteiger partial charge in [0, 0.05) is 12.1 Å². The molecule has 98 valence electrons. The first-order valence-electron chi connectivity index (χ1n) is 5.42. The number of benzene rings is 2. The SMILES string of the molecule is COC(=O)c1c(F)cc(Oc2ccccc2)cc1Cl. The molecular weight excluding hydrogens is 271 g/mol. The Morgan fingerprint density at radius 3 is 2.42 bits per heavy atom. The van der Waals surface area contributed by atoms with Crippen LogP contribution in [0.1, 0.15) is 10.4 Å². The lowest BCUT2D eigenvalue weighted by Gasteiger charge is -2.09. The Kier molecular flexibility index (Phi) is 4.02. The van der Waals surface area contributed by atoms with E-state index in [0.717, 1.165) is 13.2 Å². The minimum Gasteiger partial charge on any atom is -0.465 e. The summed E-state index contributed by atoms with van der Waals surface area (Å²) in [6.45, 7) is 0. The molecule has 2 aromatic carbocycles. The van der Waals surface area contributed by atoms with Crippen molar-refractivity contribution in [2.75, 3.05) is 7.11 Å². The lowest BCUT2D eigenvalue weighted by molar-refractivity contribution is 0.0595. The maximum atomic E-state index is 13.8. The molecule has 0 heterocycles. The molecule has 0 N–H and O–H groups in total. The first-order chi connectivity index (χ1) is 9.11. The summed E-state index contributed by atoms with van der Waals surface area (Å²) in [5.74, 6) is -0.857. The van der Waals surface area contributed by atoms with E-state index >= 15 is 0 Å². The van der Waals surface area contributed by atoms with Crippen LogP contribution in [0.15, 0.2) is 42.5 Å². The first kappa shape index (κ1) is 13.4. The summed E-state index contributed by atoms with van der Waals surface area (Å²) >= 11 is 5.85. The number of carbonyl (C=O) groups is 1. The van der Waals surface area contributed by atoms with Gasteiger partial charge in [0.25, 0.3) is 0 Å². The number of hydrogen-bond donors (Lipinski definition) is 0. The molecule has 0 aliphatic heterocycles.